The van der Waals surface area contributed by atoms with Crippen molar-refractivity contribution in [1.29, 1.82) is 5.26 Å². The summed E-state index contributed by atoms with van der Waals surface area (Å²) >= 11 is 0. The normalized spacial score (nSPS) is 11.5. The van der Waals surface area contributed by atoms with Crippen molar-refractivity contribution in [3.8, 4) is 23.4 Å². The third-order valence-electron chi connectivity index (χ3n) is 5.28. The minimum atomic E-state index is -4.56. The van der Waals surface area contributed by atoms with Crippen LogP contribution in [0.3, 0.4) is 0 Å². The third kappa shape index (κ3) is 5.43. The van der Waals surface area contributed by atoms with Crippen molar-refractivity contribution in [3.63, 3.8) is 0 Å². The number of aromatic hydroxyl groups is 1. The lowest BCUT2D eigenvalue weighted by Crippen LogP contribution is -2.23. The van der Waals surface area contributed by atoms with E-state index in [4.69, 9.17) is 9.47 Å². The summed E-state index contributed by atoms with van der Waals surface area (Å²) in [7, 11) is 2.99. The molecule has 0 aliphatic carbocycles. The summed E-state index contributed by atoms with van der Waals surface area (Å²) in [5.41, 5.74) is -1.40. The number of hydrogen-bond donors (Lipinski definition) is 1. The maximum absolute atomic E-state index is 13.1. The number of nitriles is 1. The lowest BCUT2D eigenvalue weighted by molar-refractivity contribution is -0.137. The van der Waals surface area contributed by atoms with Crippen LogP contribution in [-0.2, 0) is 19.1 Å². The maximum Gasteiger partial charge on any atom is 0.416 e. The summed E-state index contributed by atoms with van der Waals surface area (Å²) in [5.74, 6) is 0.475. The van der Waals surface area contributed by atoms with Gasteiger partial charge in [0.05, 0.1) is 25.5 Å². The molecule has 2 aromatic carbocycles. The van der Waals surface area contributed by atoms with E-state index in [1.807, 2.05) is 6.07 Å². The molecule has 1 N–H and O–H groups in total. The standard InChI is InChI=1S/C24H21F3N4O4/c1-14-18(13-28)22(32)31(10-9-15-7-8-19(34-2)20(11-15)35-3)23(33)21(14)30-29-17-6-4-5-16(12-17)24(25,26)27/h4-8,11-12,32H,9-10H2,1-3H3. The van der Waals surface area contributed by atoms with Gasteiger partial charge in [-0.05, 0) is 49.2 Å². The number of azo groups is 1. The van der Waals surface area contributed by atoms with Gasteiger partial charge in [0.2, 0.25) is 5.88 Å². The smallest absolute Gasteiger partial charge is 0.416 e. The number of methoxy groups -OCH3 is 2. The molecule has 0 atom stereocenters. The molecule has 35 heavy (non-hydrogen) atoms. The predicted octanol–water partition coefficient (Wildman–Crippen LogP) is 5.43. The van der Waals surface area contributed by atoms with Gasteiger partial charge in [-0.25, -0.2) is 0 Å². The van der Waals surface area contributed by atoms with Crippen molar-refractivity contribution in [1.82, 2.24) is 4.57 Å². The summed E-state index contributed by atoms with van der Waals surface area (Å²) in [6.07, 6.45) is -4.28. The molecule has 0 fully saturated rings. The summed E-state index contributed by atoms with van der Waals surface area (Å²) in [6, 6.07) is 11.2. The summed E-state index contributed by atoms with van der Waals surface area (Å²) < 4.78 is 50.3. The van der Waals surface area contributed by atoms with E-state index in [1.54, 1.807) is 18.2 Å². The number of aryl methyl sites for hydroxylation is 1. The number of rotatable bonds is 7. The quantitative estimate of drug-likeness (QED) is 0.448. The van der Waals surface area contributed by atoms with Crippen LogP contribution in [0.1, 0.15) is 22.3 Å². The molecule has 0 saturated carbocycles. The molecule has 11 heteroatoms. The minimum absolute atomic E-state index is 0.0127. The van der Waals surface area contributed by atoms with Crippen LogP contribution in [0, 0.1) is 18.3 Å². The largest absolute Gasteiger partial charge is 0.493 e. The second-order valence-electron chi connectivity index (χ2n) is 7.43. The van der Waals surface area contributed by atoms with Gasteiger partial charge >= 0.3 is 6.18 Å². The van der Waals surface area contributed by atoms with Gasteiger partial charge in [0, 0.05) is 12.1 Å². The Morgan fingerprint density at radius 3 is 2.43 bits per heavy atom. The molecule has 1 heterocycles. The molecule has 0 spiro atoms. The zero-order valence-electron chi connectivity index (χ0n) is 19.1. The Bertz CT molecular complexity index is 1370. The molecular formula is C24H21F3N4O4. The monoisotopic (exact) mass is 486 g/mol. The number of nitrogens with zero attached hydrogens (tertiary/aromatic N) is 4. The van der Waals surface area contributed by atoms with Gasteiger partial charge in [0.1, 0.15) is 11.6 Å². The molecular weight excluding hydrogens is 465 g/mol. The number of aromatic nitrogens is 1. The van der Waals surface area contributed by atoms with Crippen LogP contribution in [0.2, 0.25) is 0 Å². The van der Waals surface area contributed by atoms with Crippen molar-refractivity contribution in [2.24, 2.45) is 10.2 Å². The van der Waals surface area contributed by atoms with E-state index in [9.17, 15) is 28.3 Å². The Hall–Kier alpha value is -4.33. The second-order valence-corrected chi connectivity index (χ2v) is 7.43. The highest BCUT2D eigenvalue weighted by Gasteiger charge is 2.30. The molecule has 0 unspecified atom stereocenters. The number of ether oxygens (including phenoxy) is 2. The SMILES string of the molecule is COc1ccc(CCn2c(O)c(C#N)c(C)c(N=Nc3cccc(C(F)(F)F)c3)c2=O)cc1OC. The number of pyridine rings is 1. The van der Waals surface area contributed by atoms with Crippen LogP contribution in [0.25, 0.3) is 0 Å². The van der Waals surface area contributed by atoms with E-state index in [0.29, 0.717) is 11.5 Å². The van der Waals surface area contributed by atoms with Gasteiger partial charge in [0.25, 0.3) is 5.56 Å². The van der Waals surface area contributed by atoms with Crippen molar-refractivity contribution in [2.75, 3.05) is 14.2 Å². The van der Waals surface area contributed by atoms with Gasteiger partial charge < -0.3 is 14.6 Å². The number of benzene rings is 2. The fraction of sp³-hybridized carbons (Fsp3) is 0.250. The summed E-state index contributed by atoms with van der Waals surface area (Å²) in [6.45, 7) is 1.39. The first-order valence-electron chi connectivity index (χ1n) is 10.3. The highest BCUT2D eigenvalue weighted by Crippen LogP contribution is 2.33. The Balaban J connectivity index is 1.99. The van der Waals surface area contributed by atoms with Crippen LogP contribution in [0.4, 0.5) is 24.5 Å². The van der Waals surface area contributed by atoms with Crippen LogP contribution < -0.4 is 15.0 Å². The maximum atomic E-state index is 13.1. The Kier molecular flexibility index (Phi) is 7.44. The van der Waals surface area contributed by atoms with Crippen molar-refractivity contribution >= 4 is 11.4 Å². The van der Waals surface area contributed by atoms with Crippen LogP contribution in [-0.4, -0.2) is 23.9 Å². The van der Waals surface area contributed by atoms with Crippen molar-refractivity contribution in [3.05, 3.63) is 75.1 Å². The fourth-order valence-electron chi connectivity index (χ4n) is 3.39. The zero-order valence-corrected chi connectivity index (χ0v) is 19.1. The van der Waals surface area contributed by atoms with Crippen LogP contribution >= 0.6 is 0 Å². The zero-order chi connectivity index (χ0) is 25.8. The predicted molar refractivity (Wildman–Crippen MR) is 121 cm³/mol. The fourth-order valence-corrected chi connectivity index (χ4v) is 3.39. The number of halogens is 3. The summed E-state index contributed by atoms with van der Waals surface area (Å²) in [5, 5.41) is 27.7. The van der Waals surface area contributed by atoms with Gasteiger partial charge in [-0.2, -0.15) is 23.5 Å². The molecule has 0 aliphatic heterocycles. The Morgan fingerprint density at radius 2 is 1.80 bits per heavy atom. The molecule has 3 aromatic rings. The topological polar surface area (TPSA) is 109 Å². The molecule has 0 saturated heterocycles. The van der Waals surface area contributed by atoms with Gasteiger partial charge in [-0.1, -0.05) is 12.1 Å². The number of hydrogen-bond acceptors (Lipinski definition) is 7. The van der Waals surface area contributed by atoms with E-state index in [1.165, 1.54) is 33.3 Å². The Morgan fingerprint density at radius 1 is 1.09 bits per heavy atom. The molecule has 0 radical (unpaired) electrons. The average molecular weight is 486 g/mol. The molecule has 0 amide bonds. The van der Waals surface area contributed by atoms with E-state index in [-0.39, 0.29) is 35.5 Å². The minimum Gasteiger partial charge on any atom is -0.493 e. The van der Waals surface area contributed by atoms with E-state index < -0.39 is 23.2 Å². The molecule has 3 rings (SSSR count). The van der Waals surface area contributed by atoms with E-state index >= 15 is 0 Å². The van der Waals surface area contributed by atoms with Crippen LogP contribution in [0.5, 0.6) is 17.4 Å². The van der Waals surface area contributed by atoms with Crippen molar-refractivity contribution in [2.45, 2.75) is 26.1 Å². The molecule has 1 aromatic heterocycles. The summed E-state index contributed by atoms with van der Waals surface area (Å²) in [4.78, 5) is 13.1. The van der Waals surface area contributed by atoms with Crippen LogP contribution in [0.15, 0.2) is 57.5 Å². The lowest BCUT2D eigenvalue weighted by Gasteiger charge is -2.14. The average Bonchev–Trinajstić information content (AvgIpc) is 2.83. The van der Waals surface area contributed by atoms with Gasteiger partial charge in [0.15, 0.2) is 17.2 Å². The van der Waals surface area contributed by atoms with Crippen molar-refractivity contribution < 1.29 is 27.8 Å². The first-order chi connectivity index (χ1) is 16.6. The highest BCUT2D eigenvalue weighted by molar-refractivity contribution is 5.57. The molecule has 8 nitrogen and oxygen atoms in total. The first kappa shape index (κ1) is 25.3. The highest BCUT2D eigenvalue weighted by atomic mass is 19.4. The molecule has 0 bridgehead atoms. The lowest BCUT2D eigenvalue weighted by atomic mass is 10.1. The second kappa shape index (κ2) is 10.3. The first-order valence-corrected chi connectivity index (χ1v) is 10.3. The van der Waals surface area contributed by atoms with E-state index in [2.05, 4.69) is 10.2 Å². The third-order valence-corrected chi connectivity index (χ3v) is 5.28. The Labute approximate surface area is 198 Å². The van der Waals surface area contributed by atoms with E-state index in [0.717, 1.165) is 22.3 Å². The van der Waals surface area contributed by atoms with Gasteiger partial charge in [-0.3, -0.25) is 9.36 Å². The van der Waals surface area contributed by atoms with Gasteiger partial charge in [-0.15, -0.1) is 5.11 Å². The number of alkyl halides is 3. The molecule has 0 aliphatic rings. The molecule has 182 valence electrons.